The van der Waals surface area contributed by atoms with Crippen molar-refractivity contribution in [1.82, 2.24) is 15.5 Å². The van der Waals surface area contributed by atoms with Gasteiger partial charge < -0.3 is 25.4 Å². The molecule has 0 spiro atoms. The van der Waals surface area contributed by atoms with Gasteiger partial charge in [0.1, 0.15) is 23.4 Å². The molecule has 8 heteroatoms. The standard InChI is InChI=1S/C29H49N3O5/c1-10-13-14-19-30-25(34)24(21-15-17-22(33)18-16-21)32(29(8,9)12-3)26(35)23(20(4)11-2)31-27(36)37-28(5,6)7/h15-18,20,23-24,33H,10-14,19H2,1-9H3,(H,30,34)(H,31,36). The maximum Gasteiger partial charge on any atom is 0.408 e. The van der Waals surface area contributed by atoms with Gasteiger partial charge in [0.25, 0.3) is 0 Å². The van der Waals surface area contributed by atoms with Gasteiger partial charge in [-0.15, -0.1) is 0 Å². The van der Waals surface area contributed by atoms with Crippen molar-refractivity contribution in [3.05, 3.63) is 29.8 Å². The Bertz CT molecular complexity index is 877. The summed E-state index contributed by atoms with van der Waals surface area (Å²) in [5, 5.41) is 15.7. The number of hydrogen-bond donors (Lipinski definition) is 3. The molecule has 0 bridgehead atoms. The lowest BCUT2D eigenvalue weighted by atomic mass is 9.89. The van der Waals surface area contributed by atoms with Crippen molar-refractivity contribution >= 4 is 17.9 Å². The Hall–Kier alpha value is -2.77. The molecular formula is C29H49N3O5. The Kier molecular flexibility index (Phi) is 12.4. The lowest BCUT2D eigenvalue weighted by Crippen LogP contribution is -2.60. The fourth-order valence-electron chi connectivity index (χ4n) is 3.97. The zero-order valence-corrected chi connectivity index (χ0v) is 24.3. The predicted octanol–water partition coefficient (Wildman–Crippen LogP) is 5.70. The van der Waals surface area contributed by atoms with Crippen molar-refractivity contribution in [2.75, 3.05) is 6.54 Å². The number of hydrogen-bond acceptors (Lipinski definition) is 5. The Labute approximate surface area is 223 Å². The average Bonchev–Trinajstić information content (AvgIpc) is 2.82. The van der Waals surface area contributed by atoms with E-state index in [2.05, 4.69) is 17.6 Å². The third-order valence-corrected chi connectivity index (χ3v) is 6.70. The van der Waals surface area contributed by atoms with Crippen molar-refractivity contribution in [2.45, 2.75) is 118 Å². The van der Waals surface area contributed by atoms with Crippen molar-refractivity contribution in [3.63, 3.8) is 0 Å². The number of unbranched alkanes of at least 4 members (excludes halogenated alkanes) is 2. The number of amides is 3. The second kappa shape index (κ2) is 14.2. The Balaban J connectivity index is 3.57. The lowest BCUT2D eigenvalue weighted by molar-refractivity contribution is -0.150. The van der Waals surface area contributed by atoms with Crippen LogP contribution in [0.4, 0.5) is 4.79 Å². The molecule has 37 heavy (non-hydrogen) atoms. The number of ether oxygens (including phenoxy) is 1. The van der Waals surface area contributed by atoms with E-state index in [1.54, 1.807) is 37.8 Å². The summed E-state index contributed by atoms with van der Waals surface area (Å²) in [6.45, 7) is 17.6. The second-order valence-corrected chi connectivity index (χ2v) is 11.4. The molecule has 0 aromatic heterocycles. The molecule has 0 aliphatic carbocycles. The number of nitrogens with one attached hydrogen (secondary N) is 2. The van der Waals surface area contributed by atoms with Crippen LogP contribution >= 0.6 is 0 Å². The van der Waals surface area contributed by atoms with E-state index in [1.807, 2.05) is 34.6 Å². The Morgan fingerprint density at radius 3 is 2.08 bits per heavy atom. The number of benzene rings is 1. The van der Waals surface area contributed by atoms with Crippen LogP contribution in [0.3, 0.4) is 0 Å². The molecule has 3 N–H and O–H groups in total. The van der Waals surface area contributed by atoms with Crippen molar-refractivity contribution in [1.29, 1.82) is 0 Å². The summed E-state index contributed by atoms with van der Waals surface area (Å²) >= 11 is 0. The zero-order valence-electron chi connectivity index (χ0n) is 24.3. The minimum absolute atomic E-state index is 0.0718. The van der Waals surface area contributed by atoms with Gasteiger partial charge in [0, 0.05) is 12.1 Å². The van der Waals surface area contributed by atoms with E-state index < -0.39 is 29.3 Å². The molecule has 0 aliphatic rings. The zero-order chi connectivity index (χ0) is 28.4. The second-order valence-electron chi connectivity index (χ2n) is 11.4. The first kappa shape index (κ1) is 32.3. The maximum atomic E-state index is 14.3. The summed E-state index contributed by atoms with van der Waals surface area (Å²) in [7, 11) is 0. The number of phenols is 1. The summed E-state index contributed by atoms with van der Waals surface area (Å²) in [4.78, 5) is 42.4. The SMILES string of the molecule is CCCCCNC(=O)C(c1ccc(O)cc1)N(C(=O)C(NC(=O)OC(C)(C)C)C(C)CC)C(C)(C)CC. The highest BCUT2D eigenvalue weighted by Crippen LogP contribution is 2.33. The fourth-order valence-corrected chi connectivity index (χ4v) is 3.97. The normalized spacial score (nSPS) is 14.3. The average molecular weight is 520 g/mol. The van der Waals surface area contributed by atoms with Gasteiger partial charge in [-0.25, -0.2) is 4.79 Å². The molecule has 3 atom stereocenters. The number of alkyl carbamates (subject to hydrolysis) is 1. The monoisotopic (exact) mass is 519 g/mol. The Morgan fingerprint density at radius 2 is 1.59 bits per heavy atom. The smallest absolute Gasteiger partial charge is 0.408 e. The van der Waals surface area contributed by atoms with Crippen molar-refractivity contribution in [3.8, 4) is 5.75 Å². The third-order valence-electron chi connectivity index (χ3n) is 6.70. The van der Waals surface area contributed by atoms with Gasteiger partial charge in [0.05, 0.1) is 0 Å². The van der Waals surface area contributed by atoms with Crippen LogP contribution in [0.5, 0.6) is 5.75 Å². The van der Waals surface area contributed by atoms with Crippen LogP contribution < -0.4 is 10.6 Å². The van der Waals surface area contributed by atoms with Gasteiger partial charge in [-0.2, -0.15) is 0 Å². The maximum absolute atomic E-state index is 14.3. The minimum atomic E-state index is -0.948. The van der Waals surface area contributed by atoms with Crippen molar-refractivity contribution in [2.24, 2.45) is 5.92 Å². The Morgan fingerprint density at radius 1 is 1.00 bits per heavy atom. The van der Waals surface area contributed by atoms with Crippen LogP contribution in [0, 0.1) is 5.92 Å². The number of nitrogens with zero attached hydrogens (tertiary/aromatic N) is 1. The molecule has 1 rings (SSSR count). The summed E-state index contributed by atoms with van der Waals surface area (Å²) in [6, 6.07) is 4.52. The largest absolute Gasteiger partial charge is 0.508 e. The molecule has 0 heterocycles. The summed E-state index contributed by atoms with van der Waals surface area (Å²) in [6.07, 6.45) is 3.40. The van der Waals surface area contributed by atoms with Gasteiger partial charge >= 0.3 is 6.09 Å². The molecule has 8 nitrogen and oxygen atoms in total. The lowest BCUT2D eigenvalue weighted by Gasteiger charge is -2.45. The molecular weight excluding hydrogens is 470 g/mol. The summed E-state index contributed by atoms with van der Waals surface area (Å²) in [5.74, 6) is -0.781. The van der Waals surface area contributed by atoms with Crippen LogP contribution in [-0.4, -0.2) is 51.6 Å². The van der Waals surface area contributed by atoms with Crippen LogP contribution in [0.25, 0.3) is 0 Å². The minimum Gasteiger partial charge on any atom is -0.508 e. The van der Waals surface area contributed by atoms with Gasteiger partial charge in [-0.05, 0) is 71.1 Å². The number of carbonyl (C=O) groups excluding carboxylic acids is 3. The first-order valence-electron chi connectivity index (χ1n) is 13.6. The van der Waals surface area contributed by atoms with Gasteiger partial charge in [-0.3, -0.25) is 9.59 Å². The van der Waals surface area contributed by atoms with E-state index in [0.717, 1.165) is 19.3 Å². The molecule has 210 valence electrons. The molecule has 1 aromatic carbocycles. The highest BCUT2D eigenvalue weighted by molar-refractivity contribution is 5.92. The van der Waals surface area contributed by atoms with Gasteiger partial charge in [-0.1, -0.05) is 59.1 Å². The quantitative estimate of drug-likeness (QED) is 0.290. The van der Waals surface area contributed by atoms with E-state index >= 15 is 0 Å². The number of phenolic OH excluding ortho intramolecular Hbond substituents is 1. The van der Waals surface area contributed by atoms with Gasteiger partial charge in [0.2, 0.25) is 11.8 Å². The molecule has 3 amide bonds. The van der Waals surface area contributed by atoms with Crippen LogP contribution in [0.15, 0.2) is 24.3 Å². The van der Waals surface area contributed by atoms with Gasteiger partial charge in [0.15, 0.2) is 0 Å². The first-order valence-corrected chi connectivity index (χ1v) is 13.6. The number of carbonyl (C=O) groups is 3. The van der Waals surface area contributed by atoms with Crippen LogP contribution in [0.1, 0.15) is 106 Å². The van der Waals surface area contributed by atoms with E-state index in [0.29, 0.717) is 24.9 Å². The molecule has 0 saturated carbocycles. The van der Waals surface area contributed by atoms with E-state index in [9.17, 15) is 19.5 Å². The van der Waals surface area contributed by atoms with E-state index in [4.69, 9.17) is 4.74 Å². The molecule has 0 saturated heterocycles. The predicted molar refractivity (Wildman–Crippen MR) is 147 cm³/mol. The molecule has 1 aromatic rings. The van der Waals surface area contributed by atoms with Crippen molar-refractivity contribution < 1.29 is 24.2 Å². The third kappa shape index (κ3) is 9.90. The fraction of sp³-hybridized carbons (Fsp3) is 0.690. The molecule has 3 unspecified atom stereocenters. The molecule has 0 aliphatic heterocycles. The first-order chi connectivity index (χ1) is 17.2. The highest BCUT2D eigenvalue weighted by atomic mass is 16.6. The van der Waals surface area contributed by atoms with E-state index in [1.165, 1.54) is 12.1 Å². The topological polar surface area (TPSA) is 108 Å². The summed E-state index contributed by atoms with van der Waals surface area (Å²) < 4.78 is 5.46. The number of aromatic hydroxyl groups is 1. The van der Waals surface area contributed by atoms with Crippen LogP contribution in [0.2, 0.25) is 0 Å². The summed E-state index contributed by atoms with van der Waals surface area (Å²) in [5.41, 5.74) is -0.856. The number of rotatable bonds is 13. The molecule has 0 fully saturated rings. The molecule has 0 radical (unpaired) electrons. The van der Waals surface area contributed by atoms with E-state index in [-0.39, 0.29) is 23.5 Å². The highest BCUT2D eigenvalue weighted by Gasteiger charge is 2.44. The van der Waals surface area contributed by atoms with Crippen LogP contribution in [-0.2, 0) is 14.3 Å².